The number of carbonyl (C=O) groups is 1. The summed E-state index contributed by atoms with van der Waals surface area (Å²) >= 11 is 0. The van der Waals surface area contributed by atoms with Crippen LogP contribution in [0.3, 0.4) is 0 Å². The maximum atomic E-state index is 11.7. The van der Waals surface area contributed by atoms with Crippen molar-refractivity contribution in [3.8, 4) is 0 Å². The lowest BCUT2D eigenvalue weighted by Gasteiger charge is -2.06. The highest BCUT2D eigenvalue weighted by molar-refractivity contribution is 7.89. The molecule has 0 saturated heterocycles. The van der Waals surface area contributed by atoms with Gasteiger partial charge in [-0.2, -0.15) is 0 Å². The third-order valence-corrected chi connectivity index (χ3v) is 3.69. The first-order chi connectivity index (χ1) is 7.50. The van der Waals surface area contributed by atoms with E-state index in [1.807, 2.05) is 0 Å². The fourth-order valence-electron chi connectivity index (χ4n) is 1.22. The van der Waals surface area contributed by atoms with Crippen LogP contribution >= 0.6 is 0 Å². The van der Waals surface area contributed by atoms with E-state index < -0.39 is 10.0 Å². The molecule has 0 unspecified atom stereocenters. The molecule has 0 saturated carbocycles. The highest BCUT2D eigenvalue weighted by atomic mass is 32.2. The molecule has 1 aromatic carbocycles. The van der Waals surface area contributed by atoms with E-state index in [0.717, 1.165) is 4.31 Å². The summed E-state index contributed by atoms with van der Waals surface area (Å²) in [5.74, 6) is -0.191. The monoisotopic (exact) mass is 238 g/mol. The maximum absolute atomic E-state index is 11.7. The molecule has 1 aliphatic heterocycles. The van der Waals surface area contributed by atoms with Gasteiger partial charge in [0, 0.05) is 25.0 Å². The SMILES string of the molecule is CC(=O)Nc1ccc(S(=O)(=O)N2C=C2)cc1. The Labute approximate surface area is 93.4 Å². The molecule has 1 aromatic rings. The Bertz CT molecular complexity index is 540. The Morgan fingerprint density at radius 2 is 1.75 bits per heavy atom. The number of anilines is 1. The summed E-state index contributed by atoms with van der Waals surface area (Å²) in [4.78, 5) is 11.0. The molecule has 1 N–H and O–H groups in total. The Kier molecular flexibility index (Phi) is 2.43. The summed E-state index contributed by atoms with van der Waals surface area (Å²) < 4.78 is 24.5. The van der Waals surface area contributed by atoms with Crippen molar-refractivity contribution in [2.45, 2.75) is 11.8 Å². The van der Waals surface area contributed by atoms with Crippen molar-refractivity contribution in [1.29, 1.82) is 0 Å². The van der Waals surface area contributed by atoms with Crippen molar-refractivity contribution in [1.82, 2.24) is 4.31 Å². The summed E-state index contributed by atoms with van der Waals surface area (Å²) in [7, 11) is -3.40. The van der Waals surface area contributed by atoms with Crippen molar-refractivity contribution in [3.05, 3.63) is 36.7 Å². The van der Waals surface area contributed by atoms with Crippen LogP contribution in [-0.4, -0.2) is 18.6 Å². The van der Waals surface area contributed by atoms with E-state index in [2.05, 4.69) is 5.32 Å². The van der Waals surface area contributed by atoms with Gasteiger partial charge in [0.15, 0.2) is 0 Å². The van der Waals surface area contributed by atoms with E-state index in [-0.39, 0.29) is 10.8 Å². The second kappa shape index (κ2) is 3.64. The van der Waals surface area contributed by atoms with E-state index in [9.17, 15) is 13.2 Å². The van der Waals surface area contributed by atoms with Gasteiger partial charge < -0.3 is 5.32 Å². The molecular weight excluding hydrogens is 228 g/mol. The van der Waals surface area contributed by atoms with Gasteiger partial charge >= 0.3 is 0 Å². The lowest BCUT2D eigenvalue weighted by Crippen LogP contribution is -2.11. The average molecular weight is 238 g/mol. The molecule has 1 heterocycles. The van der Waals surface area contributed by atoms with Gasteiger partial charge in [-0.1, -0.05) is 0 Å². The first-order valence-electron chi connectivity index (χ1n) is 4.60. The quantitative estimate of drug-likeness (QED) is 0.858. The minimum atomic E-state index is -3.40. The van der Waals surface area contributed by atoms with Crippen LogP contribution in [0.5, 0.6) is 0 Å². The fraction of sp³-hybridized carbons (Fsp3) is 0.100. The van der Waals surface area contributed by atoms with Gasteiger partial charge in [0.05, 0.1) is 4.90 Å². The number of rotatable bonds is 3. The normalized spacial score (nSPS) is 13.7. The lowest BCUT2D eigenvalue weighted by molar-refractivity contribution is -0.114. The van der Waals surface area contributed by atoms with Gasteiger partial charge in [0.2, 0.25) is 5.91 Å². The zero-order chi connectivity index (χ0) is 11.8. The topological polar surface area (TPSA) is 66.2 Å². The Balaban J connectivity index is 2.22. The number of hydrogen-bond donors (Lipinski definition) is 1. The molecule has 6 heteroatoms. The van der Waals surface area contributed by atoms with E-state index in [0.29, 0.717) is 5.69 Å². The van der Waals surface area contributed by atoms with Crippen LogP contribution < -0.4 is 5.32 Å². The summed E-state index contributed by atoms with van der Waals surface area (Å²) in [6, 6.07) is 6.02. The molecule has 0 fully saturated rings. The van der Waals surface area contributed by atoms with Gasteiger partial charge in [-0.05, 0) is 24.3 Å². The summed E-state index contributed by atoms with van der Waals surface area (Å²) in [6.45, 7) is 1.39. The van der Waals surface area contributed by atoms with Crippen molar-refractivity contribution in [2.24, 2.45) is 0 Å². The highest BCUT2D eigenvalue weighted by Crippen LogP contribution is 2.23. The van der Waals surface area contributed by atoms with Crippen LogP contribution in [0.15, 0.2) is 41.6 Å². The Morgan fingerprint density at radius 3 is 2.19 bits per heavy atom. The number of amides is 1. The molecule has 0 spiro atoms. The molecule has 0 aromatic heterocycles. The first-order valence-corrected chi connectivity index (χ1v) is 6.04. The van der Waals surface area contributed by atoms with Crippen LogP contribution in [0.25, 0.3) is 0 Å². The molecule has 1 aliphatic rings. The maximum Gasteiger partial charge on any atom is 0.267 e. The summed E-state index contributed by atoms with van der Waals surface area (Å²) in [5, 5.41) is 2.57. The molecule has 0 aliphatic carbocycles. The molecule has 0 radical (unpaired) electrons. The van der Waals surface area contributed by atoms with E-state index in [1.165, 1.54) is 31.5 Å². The summed E-state index contributed by atoms with van der Waals surface area (Å²) in [6.07, 6.45) is 2.94. The van der Waals surface area contributed by atoms with E-state index in [4.69, 9.17) is 0 Å². The molecule has 84 valence electrons. The van der Waals surface area contributed by atoms with Crippen molar-refractivity contribution in [3.63, 3.8) is 0 Å². The molecule has 0 atom stereocenters. The van der Waals surface area contributed by atoms with Gasteiger partial charge in [-0.3, -0.25) is 4.79 Å². The van der Waals surface area contributed by atoms with Crippen molar-refractivity contribution < 1.29 is 13.2 Å². The highest BCUT2D eigenvalue weighted by Gasteiger charge is 2.25. The van der Waals surface area contributed by atoms with Crippen molar-refractivity contribution >= 4 is 21.6 Å². The van der Waals surface area contributed by atoms with Crippen LogP contribution in [0.4, 0.5) is 5.69 Å². The predicted octanol–water partition coefficient (Wildman–Crippen LogP) is 1.12. The number of carbonyl (C=O) groups excluding carboxylic acids is 1. The van der Waals surface area contributed by atoms with Gasteiger partial charge in [0.1, 0.15) is 0 Å². The third kappa shape index (κ3) is 2.06. The zero-order valence-electron chi connectivity index (χ0n) is 8.54. The van der Waals surface area contributed by atoms with Gasteiger partial charge in [0.25, 0.3) is 10.0 Å². The predicted molar refractivity (Wildman–Crippen MR) is 58.9 cm³/mol. The fourth-order valence-corrected chi connectivity index (χ4v) is 2.32. The van der Waals surface area contributed by atoms with Crippen LogP contribution in [0, 0.1) is 0 Å². The number of hydrogen-bond acceptors (Lipinski definition) is 3. The Morgan fingerprint density at radius 1 is 1.19 bits per heavy atom. The molecule has 5 nitrogen and oxygen atoms in total. The van der Waals surface area contributed by atoms with E-state index >= 15 is 0 Å². The number of benzene rings is 1. The minimum Gasteiger partial charge on any atom is -0.326 e. The Hall–Kier alpha value is -1.82. The number of nitrogens with one attached hydrogen (secondary N) is 1. The number of sulfonamides is 1. The van der Waals surface area contributed by atoms with Crippen LogP contribution in [-0.2, 0) is 14.8 Å². The first kappa shape index (κ1) is 10.7. The zero-order valence-corrected chi connectivity index (χ0v) is 9.36. The molecule has 0 bridgehead atoms. The van der Waals surface area contributed by atoms with Gasteiger partial charge in [-0.15, -0.1) is 0 Å². The van der Waals surface area contributed by atoms with E-state index in [1.54, 1.807) is 12.1 Å². The van der Waals surface area contributed by atoms with Crippen LogP contribution in [0.2, 0.25) is 0 Å². The smallest absolute Gasteiger partial charge is 0.267 e. The second-order valence-electron chi connectivity index (χ2n) is 3.34. The molecule has 1 amide bonds. The van der Waals surface area contributed by atoms with Crippen molar-refractivity contribution in [2.75, 3.05) is 5.32 Å². The third-order valence-electron chi connectivity index (χ3n) is 2.02. The van der Waals surface area contributed by atoms with Crippen LogP contribution in [0.1, 0.15) is 6.92 Å². The second-order valence-corrected chi connectivity index (χ2v) is 5.18. The number of nitrogens with zero attached hydrogens (tertiary/aromatic N) is 1. The molecule has 2 rings (SSSR count). The lowest BCUT2D eigenvalue weighted by atomic mass is 10.3. The minimum absolute atomic E-state index is 0.191. The standard InChI is InChI=1S/C10H10N2O3S/c1-8(13)11-9-2-4-10(5-3-9)16(14,15)12-6-7-12/h2-7H,1H3,(H,11,13). The molecular formula is C10H10N2O3S. The summed E-state index contributed by atoms with van der Waals surface area (Å²) in [5.41, 5.74) is 0.574. The largest absolute Gasteiger partial charge is 0.326 e. The molecule has 16 heavy (non-hydrogen) atoms. The average Bonchev–Trinajstić information content (AvgIpc) is 3.00. The van der Waals surface area contributed by atoms with Gasteiger partial charge in [-0.25, -0.2) is 12.7 Å².